The van der Waals surface area contributed by atoms with E-state index >= 15 is 0 Å². The van der Waals surface area contributed by atoms with Crippen LogP contribution < -0.4 is 0 Å². The number of likely N-dealkylation sites (N-methyl/N-ethyl adjacent to an activating group) is 1. The van der Waals surface area contributed by atoms with Crippen molar-refractivity contribution in [1.82, 2.24) is 4.90 Å². The lowest BCUT2D eigenvalue weighted by Gasteiger charge is -2.48. The number of furan rings is 1. The summed E-state index contributed by atoms with van der Waals surface area (Å²) in [4.78, 5) is 15.5. The van der Waals surface area contributed by atoms with E-state index in [1.165, 1.54) is 20.3 Å². The Morgan fingerprint density at radius 1 is 1.08 bits per heavy atom. The monoisotopic (exact) mass is 695 g/mol. The molecule has 3 rings (SSSR count). The van der Waals surface area contributed by atoms with Crippen molar-refractivity contribution in [3.63, 3.8) is 0 Å². The van der Waals surface area contributed by atoms with Gasteiger partial charge >= 0.3 is 5.97 Å². The summed E-state index contributed by atoms with van der Waals surface area (Å²) >= 11 is 0. The molecule has 0 aliphatic carbocycles. The Bertz CT molecular complexity index is 1270. The summed E-state index contributed by atoms with van der Waals surface area (Å²) in [6.45, 7) is 15.7. The summed E-state index contributed by atoms with van der Waals surface area (Å²) in [5, 5.41) is 55.7. The fraction of sp³-hybridized carbons (Fsp3) is 0.806. The average molecular weight is 696 g/mol. The highest BCUT2D eigenvalue weighted by molar-refractivity contribution is 5.97. The fourth-order valence-corrected chi connectivity index (χ4v) is 7.45. The number of esters is 1. The first kappa shape index (κ1) is 41.2. The largest absolute Gasteiger partial charge is 0.463 e. The average Bonchev–Trinajstić information content (AvgIpc) is 3.60. The second-order valence-electron chi connectivity index (χ2n) is 14.9. The zero-order chi connectivity index (χ0) is 37.0. The molecule has 2 aliphatic rings. The predicted molar refractivity (Wildman–Crippen MR) is 185 cm³/mol. The van der Waals surface area contributed by atoms with E-state index in [0.29, 0.717) is 23.6 Å². The number of rotatable bonds is 7. The fourth-order valence-electron chi connectivity index (χ4n) is 7.45. The maximum atomic E-state index is 13.6. The van der Waals surface area contributed by atoms with E-state index in [-0.39, 0.29) is 25.0 Å². The van der Waals surface area contributed by atoms with Crippen molar-refractivity contribution in [2.45, 2.75) is 142 Å². The molecule has 0 radical (unpaired) electrons. The lowest BCUT2D eigenvalue weighted by atomic mass is 9.73. The molecule has 0 saturated carbocycles. The minimum atomic E-state index is -1.88. The Kier molecular flexibility index (Phi) is 14.2. The highest BCUT2D eigenvalue weighted by atomic mass is 16.7. The van der Waals surface area contributed by atoms with Crippen LogP contribution in [-0.4, -0.2) is 124 Å². The third kappa shape index (κ3) is 9.17. The summed E-state index contributed by atoms with van der Waals surface area (Å²) in [5.74, 6) is -3.18. The standard InChI is InChI=1S/C36H61N3O10/c1-13-27-36(9,44)31(42)21(4)28(38-37-24(7)26-15-14-16-46-26)19(2)18-35(8,45-12)32(22(5)29(40)23(6)33(43)48-27)49-34-30(41)25(39(10)11)17-20(3)47-34/h14-16,19-23,25,27,29-32,34,40-42,44H,13,17-18H2,1-12H3/b37-24+,38-28+/t19-,20?,21+,22+,23-,25?,27-,29?,30?,31-,32-,34?,35-,36-/m1/s1. The van der Waals surface area contributed by atoms with Gasteiger partial charge in [-0.1, -0.05) is 27.7 Å². The molecule has 0 bridgehead atoms. The van der Waals surface area contributed by atoms with E-state index in [1.54, 1.807) is 46.8 Å². The molecule has 2 fully saturated rings. The molecule has 2 saturated heterocycles. The Balaban J connectivity index is 2.19. The number of ether oxygens (including phenoxy) is 4. The molecule has 280 valence electrons. The van der Waals surface area contributed by atoms with Crippen molar-refractivity contribution < 1.29 is 48.6 Å². The summed E-state index contributed by atoms with van der Waals surface area (Å²) in [7, 11) is 5.31. The first-order valence-electron chi connectivity index (χ1n) is 17.5. The van der Waals surface area contributed by atoms with Crippen molar-refractivity contribution in [3.05, 3.63) is 24.2 Å². The maximum absolute atomic E-state index is 13.6. The highest BCUT2D eigenvalue weighted by Gasteiger charge is 2.51. The van der Waals surface area contributed by atoms with Crippen LogP contribution in [0.4, 0.5) is 0 Å². The third-order valence-corrected chi connectivity index (χ3v) is 10.8. The van der Waals surface area contributed by atoms with Crippen LogP contribution in [0, 0.1) is 23.7 Å². The topological polar surface area (TPSA) is 176 Å². The van der Waals surface area contributed by atoms with Crippen LogP contribution in [0.15, 0.2) is 33.0 Å². The summed E-state index contributed by atoms with van der Waals surface area (Å²) in [5.41, 5.74) is -2.08. The van der Waals surface area contributed by atoms with E-state index in [9.17, 15) is 25.2 Å². The predicted octanol–water partition coefficient (Wildman–Crippen LogP) is 3.40. The molecule has 3 heterocycles. The van der Waals surface area contributed by atoms with Crippen molar-refractivity contribution in [1.29, 1.82) is 0 Å². The molecular formula is C36H61N3O10. The second kappa shape index (κ2) is 16.9. The number of carbonyl (C=O) groups excluding carboxylic acids is 1. The summed E-state index contributed by atoms with van der Waals surface area (Å²) in [6, 6.07) is 3.26. The second-order valence-corrected chi connectivity index (χ2v) is 14.9. The molecule has 13 nitrogen and oxygen atoms in total. The van der Waals surface area contributed by atoms with Crippen molar-refractivity contribution >= 4 is 17.4 Å². The molecule has 5 unspecified atom stereocenters. The smallest absolute Gasteiger partial charge is 0.311 e. The number of cyclic esters (lactones) is 1. The van der Waals surface area contributed by atoms with Gasteiger partial charge in [0.1, 0.15) is 29.3 Å². The van der Waals surface area contributed by atoms with Crippen molar-refractivity contribution in [2.75, 3.05) is 21.2 Å². The Hall–Kier alpha value is -2.23. The summed E-state index contributed by atoms with van der Waals surface area (Å²) in [6.07, 6.45) is -4.43. The van der Waals surface area contributed by atoms with E-state index in [0.717, 1.165) is 0 Å². The van der Waals surface area contributed by atoms with Gasteiger partial charge in [-0.05, 0) is 86.0 Å². The zero-order valence-corrected chi connectivity index (χ0v) is 31.4. The number of nitrogens with zero attached hydrogens (tertiary/aromatic N) is 3. The zero-order valence-electron chi connectivity index (χ0n) is 31.4. The minimum absolute atomic E-state index is 0.203. The number of methoxy groups -OCH3 is 1. The Labute approximate surface area is 291 Å². The lowest BCUT2D eigenvalue weighted by Crippen LogP contribution is -2.60. The van der Waals surface area contributed by atoms with Crippen LogP contribution >= 0.6 is 0 Å². The van der Waals surface area contributed by atoms with Crippen molar-refractivity contribution in [2.24, 2.45) is 33.9 Å². The molecule has 0 spiro atoms. The van der Waals surface area contributed by atoms with Crippen LogP contribution in [0.1, 0.15) is 87.3 Å². The first-order chi connectivity index (χ1) is 22.8. The van der Waals surface area contributed by atoms with E-state index in [1.807, 2.05) is 39.8 Å². The van der Waals surface area contributed by atoms with Crippen LogP contribution in [0.3, 0.4) is 0 Å². The quantitative estimate of drug-likeness (QED) is 0.187. The molecule has 14 atom stereocenters. The van der Waals surface area contributed by atoms with Gasteiger partial charge in [-0.2, -0.15) is 10.2 Å². The van der Waals surface area contributed by atoms with Gasteiger partial charge in [0, 0.05) is 30.7 Å². The molecule has 1 aromatic rings. The molecular weight excluding hydrogens is 634 g/mol. The van der Waals surface area contributed by atoms with Crippen molar-refractivity contribution in [3.8, 4) is 0 Å². The molecule has 0 amide bonds. The van der Waals surface area contributed by atoms with Gasteiger partial charge in [0.15, 0.2) is 6.29 Å². The van der Waals surface area contributed by atoms with Gasteiger partial charge in [-0.25, -0.2) is 0 Å². The SMILES string of the molecule is CC[C@H]1OC(=O)[C@H](C)C(O)[C@H](C)[C@@H](OC2OC(C)CC(N(C)C)C2O)[C@](C)(OC)C[C@@H](C)/C(=N\N=C(/C)c2ccco2)[C@H](C)[C@@H](O)[C@]1(C)O. The van der Waals surface area contributed by atoms with E-state index in [2.05, 4.69) is 10.2 Å². The van der Waals surface area contributed by atoms with E-state index < -0.39 is 77.7 Å². The van der Waals surface area contributed by atoms with Gasteiger partial charge in [-0.3, -0.25) is 4.79 Å². The number of hydrogen-bond donors (Lipinski definition) is 4. The van der Waals surface area contributed by atoms with Crippen LogP contribution in [0.25, 0.3) is 0 Å². The van der Waals surface area contributed by atoms with Gasteiger partial charge in [0.25, 0.3) is 0 Å². The number of aliphatic hydroxyl groups excluding tert-OH is 3. The minimum Gasteiger partial charge on any atom is -0.463 e. The third-order valence-electron chi connectivity index (χ3n) is 10.8. The molecule has 0 aromatic carbocycles. The van der Waals surface area contributed by atoms with Crippen LogP contribution in [0.5, 0.6) is 0 Å². The first-order valence-corrected chi connectivity index (χ1v) is 17.5. The molecule has 2 aliphatic heterocycles. The van der Waals surface area contributed by atoms with E-state index in [4.69, 9.17) is 23.4 Å². The Morgan fingerprint density at radius 3 is 2.29 bits per heavy atom. The van der Waals surface area contributed by atoms with Gasteiger partial charge in [0.05, 0.1) is 42.2 Å². The number of hydrogen-bond acceptors (Lipinski definition) is 13. The molecule has 4 N–H and O–H groups in total. The number of carbonyl (C=O) groups is 1. The molecule has 13 heteroatoms. The maximum Gasteiger partial charge on any atom is 0.311 e. The normalized spacial score (nSPS) is 43.0. The van der Waals surface area contributed by atoms with Gasteiger partial charge in [0.2, 0.25) is 0 Å². The molecule has 1 aromatic heterocycles. The number of aliphatic hydroxyl groups is 4. The highest BCUT2D eigenvalue weighted by Crippen LogP contribution is 2.39. The molecule has 49 heavy (non-hydrogen) atoms. The Morgan fingerprint density at radius 2 is 1.73 bits per heavy atom. The van der Waals surface area contributed by atoms with Gasteiger partial charge in [-0.15, -0.1) is 0 Å². The van der Waals surface area contributed by atoms with Gasteiger partial charge < -0.3 is 48.7 Å². The van der Waals surface area contributed by atoms with Crippen LogP contribution in [-0.2, 0) is 23.7 Å². The summed E-state index contributed by atoms with van der Waals surface area (Å²) < 4.78 is 30.4. The lowest BCUT2D eigenvalue weighted by molar-refractivity contribution is -0.301. The van der Waals surface area contributed by atoms with Crippen LogP contribution in [0.2, 0.25) is 0 Å².